The zero-order valence-corrected chi connectivity index (χ0v) is 12.8. The molecule has 0 fully saturated rings. The molecule has 1 aromatic heterocycles. The van der Waals surface area contributed by atoms with Gasteiger partial charge in [0.15, 0.2) is 5.82 Å². The van der Waals surface area contributed by atoms with Gasteiger partial charge in [-0.05, 0) is 41.6 Å². The Balaban J connectivity index is 2.43. The molecular weight excluding hydrogens is 379 g/mol. The van der Waals surface area contributed by atoms with E-state index in [2.05, 4.69) is 42.6 Å². The summed E-state index contributed by atoms with van der Waals surface area (Å²) in [5.74, 6) is 1.08. The average Bonchev–Trinajstić information content (AvgIpc) is 2.42. The SMILES string of the molecule is CCNc1nc(-c2ccccc2OC(F)F)ncc1I. The Bertz CT molecular complexity index is 596. The molecule has 2 aromatic rings. The molecular formula is C13H12F2IN3O. The van der Waals surface area contributed by atoms with Gasteiger partial charge in [0.1, 0.15) is 11.6 Å². The maximum absolute atomic E-state index is 12.4. The lowest BCUT2D eigenvalue weighted by molar-refractivity contribution is -0.0494. The van der Waals surface area contributed by atoms with Crippen LogP contribution < -0.4 is 10.1 Å². The van der Waals surface area contributed by atoms with E-state index in [0.717, 1.165) is 3.57 Å². The number of halogens is 3. The molecule has 0 bridgehead atoms. The summed E-state index contributed by atoms with van der Waals surface area (Å²) in [5.41, 5.74) is 0.434. The second-order valence-corrected chi connectivity index (χ2v) is 4.96. The molecule has 0 radical (unpaired) electrons. The summed E-state index contributed by atoms with van der Waals surface area (Å²) < 4.78 is 30.2. The highest BCUT2D eigenvalue weighted by Crippen LogP contribution is 2.29. The molecule has 0 saturated carbocycles. The number of rotatable bonds is 5. The van der Waals surface area contributed by atoms with Crippen molar-refractivity contribution in [2.24, 2.45) is 0 Å². The quantitative estimate of drug-likeness (QED) is 0.789. The third kappa shape index (κ3) is 3.53. The van der Waals surface area contributed by atoms with Crippen LogP contribution in [0.3, 0.4) is 0 Å². The molecule has 0 spiro atoms. The summed E-state index contributed by atoms with van der Waals surface area (Å²) in [6.07, 6.45) is 1.64. The zero-order chi connectivity index (χ0) is 14.5. The first-order valence-corrected chi connectivity index (χ1v) is 7.00. The summed E-state index contributed by atoms with van der Waals surface area (Å²) in [6, 6.07) is 6.46. The van der Waals surface area contributed by atoms with Crippen LogP contribution in [0.2, 0.25) is 0 Å². The van der Waals surface area contributed by atoms with Crippen LogP contribution in [0, 0.1) is 3.57 Å². The standard InChI is InChI=1S/C13H12F2IN3O/c1-2-17-12-9(16)7-18-11(19-12)8-5-3-4-6-10(8)20-13(14)15/h3-7,13H,2H2,1H3,(H,17,18,19). The average molecular weight is 391 g/mol. The first kappa shape index (κ1) is 14.9. The van der Waals surface area contributed by atoms with Crippen molar-refractivity contribution < 1.29 is 13.5 Å². The molecule has 0 unspecified atom stereocenters. The highest BCUT2D eigenvalue weighted by molar-refractivity contribution is 14.1. The van der Waals surface area contributed by atoms with Crippen molar-refractivity contribution in [3.63, 3.8) is 0 Å². The second kappa shape index (κ2) is 6.78. The maximum Gasteiger partial charge on any atom is 0.387 e. The Morgan fingerprint density at radius 2 is 2.10 bits per heavy atom. The summed E-state index contributed by atoms with van der Waals surface area (Å²) in [5, 5.41) is 3.10. The van der Waals surface area contributed by atoms with Gasteiger partial charge in [-0.2, -0.15) is 8.78 Å². The number of para-hydroxylation sites is 1. The van der Waals surface area contributed by atoms with Crippen molar-refractivity contribution in [3.8, 4) is 17.1 Å². The molecule has 0 aliphatic heterocycles. The van der Waals surface area contributed by atoms with Crippen LogP contribution >= 0.6 is 22.6 Å². The van der Waals surface area contributed by atoms with Crippen LogP contribution in [0.1, 0.15) is 6.92 Å². The minimum Gasteiger partial charge on any atom is -0.434 e. The first-order chi connectivity index (χ1) is 9.61. The Morgan fingerprint density at radius 1 is 1.35 bits per heavy atom. The van der Waals surface area contributed by atoms with Gasteiger partial charge in [-0.25, -0.2) is 9.97 Å². The number of alkyl halides is 2. The largest absolute Gasteiger partial charge is 0.434 e. The Labute approximate surface area is 128 Å². The van der Waals surface area contributed by atoms with Gasteiger partial charge in [-0.1, -0.05) is 12.1 Å². The van der Waals surface area contributed by atoms with Crippen molar-refractivity contribution in [1.29, 1.82) is 0 Å². The summed E-state index contributed by atoms with van der Waals surface area (Å²) in [7, 11) is 0. The molecule has 1 N–H and O–H groups in total. The molecule has 1 heterocycles. The molecule has 0 amide bonds. The van der Waals surface area contributed by atoms with Gasteiger partial charge < -0.3 is 10.1 Å². The molecule has 0 atom stereocenters. The molecule has 20 heavy (non-hydrogen) atoms. The lowest BCUT2D eigenvalue weighted by atomic mass is 10.2. The number of nitrogens with zero attached hydrogens (tertiary/aromatic N) is 2. The molecule has 106 valence electrons. The van der Waals surface area contributed by atoms with Crippen LogP contribution in [0.5, 0.6) is 5.75 Å². The van der Waals surface area contributed by atoms with Gasteiger partial charge >= 0.3 is 6.61 Å². The molecule has 0 aliphatic rings. The zero-order valence-electron chi connectivity index (χ0n) is 10.6. The lowest BCUT2D eigenvalue weighted by Crippen LogP contribution is -2.06. The molecule has 2 rings (SSSR count). The molecule has 7 heteroatoms. The fourth-order valence-electron chi connectivity index (χ4n) is 1.64. The molecule has 1 aromatic carbocycles. The van der Waals surface area contributed by atoms with E-state index < -0.39 is 6.61 Å². The Kier molecular flexibility index (Phi) is 5.05. The van der Waals surface area contributed by atoms with Crippen molar-refractivity contribution in [3.05, 3.63) is 34.0 Å². The number of ether oxygens (including phenoxy) is 1. The van der Waals surface area contributed by atoms with Crippen molar-refractivity contribution in [1.82, 2.24) is 9.97 Å². The molecule has 4 nitrogen and oxygen atoms in total. The van der Waals surface area contributed by atoms with Crippen LogP contribution in [-0.2, 0) is 0 Å². The van der Waals surface area contributed by atoms with E-state index in [4.69, 9.17) is 0 Å². The third-order valence-corrected chi connectivity index (χ3v) is 3.22. The highest BCUT2D eigenvalue weighted by Gasteiger charge is 2.14. The summed E-state index contributed by atoms with van der Waals surface area (Å²) in [4.78, 5) is 8.52. The van der Waals surface area contributed by atoms with Crippen LogP contribution in [0.4, 0.5) is 14.6 Å². The van der Waals surface area contributed by atoms with E-state index in [0.29, 0.717) is 23.8 Å². The maximum atomic E-state index is 12.4. The Hall–Kier alpha value is -1.51. The number of anilines is 1. The van der Waals surface area contributed by atoms with Gasteiger partial charge in [-0.15, -0.1) is 0 Å². The van der Waals surface area contributed by atoms with E-state index in [1.54, 1.807) is 24.4 Å². The Morgan fingerprint density at radius 3 is 2.80 bits per heavy atom. The van der Waals surface area contributed by atoms with Crippen molar-refractivity contribution in [2.45, 2.75) is 13.5 Å². The van der Waals surface area contributed by atoms with Crippen LogP contribution in [-0.4, -0.2) is 23.1 Å². The fourth-order valence-corrected chi connectivity index (χ4v) is 2.09. The van der Waals surface area contributed by atoms with E-state index in [-0.39, 0.29) is 5.75 Å². The number of aromatic nitrogens is 2. The second-order valence-electron chi connectivity index (χ2n) is 3.80. The van der Waals surface area contributed by atoms with Gasteiger partial charge in [0.2, 0.25) is 0 Å². The van der Waals surface area contributed by atoms with Gasteiger partial charge in [0.05, 0.1) is 9.13 Å². The number of benzene rings is 1. The van der Waals surface area contributed by atoms with E-state index in [9.17, 15) is 8.78 Å². The summed E-state index contributed by atoms with van der Waals surface area (Å²) in [6.45, 7) is -0.221. The van der Waals surface area contributed by atoms with Crippen LogP contribution in [0.15, 0.2) is 30.5 Å². The number of hydrogen-bond acceptors (Lipinski definition) is 4. The molecule has 0 aliphatic carbocycles. The topological polar surface area (TPSA) is 47.0 Å². The molecule has 0 saturated heterocycles. The van der Waals surface area contributed by atoms with Crippen LogP contribution in [0.25, 0.3) is 11.4 Å². The lowest BCUT2D eigenvalue weighted by Gasteiger charge is -2.11. The van der Waals surface area contributed by atoms with Gasteiger partial charge in [0, 0.05) is 12.7 Å². The fraction of sp³-hybridized carbons (Fsp3) is 0.231. The van der Waals surface area contributed by atoms with E-state index >= 15 is 0 Å². The smallest absolute Gasteiger partial charge is 0.387 e. The van der Waals surface area contributed by atoms with Crippen molar-refractivity contribution >= 4 is 28.4 Å². The predicted octanol–water partition coefficient (Wildman–Crippen LogP) is 3.78. The minimum atomic E-state index is -2.88. The van der Waals surface area contributed by atoms with Gasteiger partial charge in [-0.3, -0.25) is 0 Å². The normalized spacial score (nSPS) is 10.7. The minimum absolute atomic E-state index is 0.0613. The van der Waals surface area contributed by atoms with Crippen molar-refractivity contribution in [2.75, 3.05) is 11.9 Å². The highest BCUT2D eigenvalue weighted by atomic mass is 127. The summed E-state index contributed by atoms with van der Waals surface area (Å²) >= 11 is 2.11. The van der Waals surface area contributed by atoms with Gasteiger partial charge in [0.25, 0.3) is 0 Å². The predicted molar refractivity (Wildman–Crippen MR) is 81.0 cm³/mol. The van der Waals surface area contributed by atoms with E-state index in [1.807, 2.05) is 6.92 Å². The number of hydrogen-bond donors (Lipinski definition) is 1. The van der Waals surface area contributed by atoms with E-state index in [1.165, 1.54) is 6.07 Å². The number of nitrogens with one attached hydrogen (secondary N) is 1. The monoisotopic (exact) mass is 391 g/mol. The third-order valence-electron chi connectivity index (χ3n) is 2.43. The first-order valence-electron chi connectivity index (χ1n) is 5.92.